The second-order valence-electron chi connectivity index (χ2n) is 7.21. The molecule has 0 aromatic heterocycles. The minimum atomic E-state index is -0.650. The van der Waals surface area contributed by atoms with Crippen LogP contribution in [0.2, 0.25) is 0 Å². The van der Waals surface area contributed by atoms with Crippen LogP contribution in [0.15, 0.2) is 0 Å². The molecule has 2 unspecified atom stereocenters. The van der Waals surface area contributed by atoms with E-state index in [1.54, 1.807) is 0 Å². The van der Waals surface area contributed by atoms with Crippen molar-refractivity contribution in [3.63, 3.8) is 0 Å². The normalized spacial score (nSPS) is 20.9. The highest BCUT2D eigenvalue weighted by molar-refractivity contribution is 8.00. The third-order valence-corrected chi connectivity index (χ3v) is 6.70. The van der Waals surface area contributed by atoms with Gasteiger partial charge in [0.2, 0.25) is 0 Å². The molecular formula is C20H38O2S. The Hall–Kier alpha value is -0.180. The molecule has 1 heterocycles. The van der Waals surface area contributed by atoms with Crippen molar-refractivity contribution in [1.29, 1.82) is 0 Å². The summed E-state index contributed by atoms with van der Waals surface area (Å²) < 4.78 is 0. The molecule has 0 bridgehead atoms. The van der Waals surface area contributed by atoms with E-state index in [4.69, 9.17) is 5.11 Å². The third kappa shape index (κ3) is 11.9. The number of unbranched alkanes of at least 4 members (excludes halogenated alkanes) is 9. The number of carbonyl (C=O) groups is 1. The van der Waals surface area contributed by atoms with Crippen LogP contribution < -0.4 is 0 Å². The van der Waals surface area contributed by atoms with Crippen molar-refractivity contribution >= 4 is 17.7 Å². The highest BCUT2D eigenvalue weighted by Crippen LogP contribution is 2.39. The summed E-state index contributed by atoms with van der Waals surface area (Å²) in [6.07, 6.45) is 20.4. The number of carboxylic acid groups (broad SMARTS) is 1. The number of rotatable bonds is 15. The summed E-state index contributed by atoms with van der Waals surface area (Å²) in [6.45, 7) is 2.29. The monoisotopic (exact) mass is 342 g/mol. The Kier molecular flexibility index (Phi) is 12.9. The van der Waals surface area contributed by atoms with Gasteiger partial charge in [-0.15, -0.1) is 0 Å². The second kappa shape index (κ2) is 14.2. The Morgan fingerprint density at radius 1 is 0.826 bits per heavy atom. The smallest absolute Gasteiger partial charge is 0.303 e. The molecule has 1 aliphatic rings. The average Bonchev–Trinajstić information content (AvgIpc) is 2.97. The summed E-state index contributed by atoms with van der Waals surface area (Å²) in [6, 6.07) is 0. The van der Waals surface area contributed by atoms with Crippen LogP contribution >= 0.6 is 11.8 Å². The topological polar surface area (TPSA) is 37.3 Å². The number of aliphatic carboxylic acids is 1. The fraction of sp³-hybridized carbons (Fsp3) is 0.950. The van der Waals surface area contributed by atoms with Gasteiger partial charge < -0.3 is 5.11 Å². The summed E-state index contributed by atoms with van der Waals surface area (Å²) in [5.74, 6) is -0.650. The summed E-state index contributed by atoms with van der Waals surface area (Å²) in [5.41, 5.74) is 0. The SMILES string of the molecule is CCCCCCCC1CCC(CCCCCCCCC(=O)O)S1. The molecular weight excluding hydrogens is 304 g/mol. The van der Waals surface area contributed by atoms with Crippen LogP contribution in [0.1, 0.15) is 110 Å². The molecule has 0 amide bonds. The molecule has 1 N–H and O–H groups in total. The molecule has 1 saturated heterocycles. The molecule has 0 spiro atoms. The van der Waals surface area contributed by atoms with Crippen LogP contribution in [0.4, 0.5) is 0 Å². The van der Waals surface area contributed by atoms with Gasteiger partial charge >= 0.3 is 5.97 Å². The summed E-state index contributed by atoms with van der Waals surface area (Å²) in [4.78, 5) is 10.4. The molecule has 0 aliphatic carbocycles. The first kappa shape index (κ1) is 20.9. The molecule has 1 fully saturated rings. The predicted molar refractivity (Wildman–Crippen MR) is 102 cm³/mol. The molecule has 0 aromatic rings. The lowest BCUT2D eigenvalue weighted by Gasteiger charge is -2.11. The van der Waals surface area contributed by atoms with E-state index in [1.807, 2.05) is 0 Å². The molecule has 2 atom stereocenters. The maximum absolute atomic E-state index is 10.4. The quantitative estimate of drug-likeness (QED) is 0.332. The Morgan fingerprint density at radius 3 is 1.83 bits per heavy atom. The lowest BCUT2D eigenvalue weighted by Crippen LogP contribution is -1.98. The maximum Gasteiger partial charge on any atom is 0.303 e. The van der Waals surface area contributed by atoms with E-state index in [-0.39, 0.29) is 0 Å². The van der Waals surface area contributed by atoms with Crippen molar-refractivity contribution in [3.05, 3.63) is 0 Å². The van der Waals surface area contributed by atoms with Crippen molar-refractivity contribution in [2.75, 3.05) is 0 Å². The Labute approximate surface area is 148 Å². The first-order valence-electron chi connectivity index (χ1n) is 10.1. The van der Waals surface area contributed by atoms with Gasteiger partial charge in [-0.2, -0.15) is 11.8 Å². The summed E-state index contributed by atoms with van der Waals surface area (Å²) in [7, 11) is 0. The van der Waals surface area contributed by atoms with Gasteiger partial charge in [0.1, 0.15) is 0 Å². The largest absolute Gasteiger partial charge is 0.481 e. The fourth-order valence-corrected chi connectivity index (χ4v) is 5.23. The van der Waals surface area contributed by atoms with Crippen LogP contribution in [-0.4, -0.2) is 21.6 Å². The first-order valence-corrected chi connectivity index (χ1v) is 11.0. The summed E-state index contributed by atoms with van der Waals surface area (Å²) in [5, 5.41) is 10.5. The molecule has 2 nitrogen and oxygen atoms in total. The second-order valence-corrected chi connectivity index (χ2v) is 8.82. The average molecular weight is 343 g/mol. The van der Waals surface area contributed by atoms with Crippen LogP contribution in [0.25, 0.3) is 0 Å². The highest BCUT2D eigenvalue weighted by atomic mass is 32.2. The number of carboxylic acids is 1. The molecule has 0 saturated carbocycles. The Morgan fingerprint density at radius 2 is 1.30 bits per heavy atom. The zero-order valence-corrected chi connectivity index (χ0v) is 16.0. The predicted octanol–water partition coefficient (Wildman–Crippen LogP) is 6.82. The Balaban J connectivity index is 1.86. The number of hydrogen-bond acceptors (Lipinski definition) is 2. The molecule has 136 valence electrons. The molecule has 1 aliphatic heterocycles. The van der Waals surface area contributed by atoms with Gasteiger partial charge in [-0.3, -0.25) is 4.79 Å². The number of hydrogen-bond donors (Lipinski definition) is 1. The van der Waals surface area contributed by atoms with Gasteiger partial charge in [-0.1, -0.05) is 71.1 Å². The zero-order valence-electron chi connectivity index (χ0n) is 15.2. The van der Waals surface area contributed by atoms with Gasteiger partial charge in [0.15, 0.2) is 0 Å². The highest BCUT2D eigenvalue weighted by Gasteiger charge is 2.24. The Bertz CT molecular complexity index is 293. The first-order chi connectivity index (χ1) is 11.2. The lowest BCUT2D eigenvalue weighted by atomic mass is 10.0. The lowest BCUT2D eigenvalue weighted by molar-refractivity contribution is -0.137. The summed E-state index contributed by atoms with van der Waals surface area (Å²) >= 11 is 2.28. The van der Waals surface area contributed by atoms with Crippen molar-refractivity contribution in [2.45, 2.75) is 120 Å². The van der Waals surface area contributed by atoms with E-state index in [9.17, 15) is 4.79 Å². The standard InChI is InChI=1S/C20H38O2S/c1-2-3-4-7-10-13-18-16-17-19(23-18)14-11-8-5-6-9-12-15-20(21)22/h18-19H,2-17H2,1H3,(H,21,22). The van der Waals surface area contributed by atoms with E-state index in [1.165, 1.54) is 83.5 Å². The molecule has 23 heavy (non-hydrogen) atoms. The van der Waals surface area contributed by atoms with E-state index >= 15 is 0 Å². The molecule has 0 radical (unpaired) electrons. The van der Waals surface area contributed by atoms with Crippen LogP contribution in [0, 0.1) is 0 Å². The van der Waals surface area contributed by atoms with Crippen molar-refractivity contribution in [3.8, 4) is 0 Å². The van der Waals surface area contributed by atoms with Crippen molar-refractivity contribution in [1.82, 2.24) is 0 Å². The van der Waals surface area contributed by atoms with Crippen molar-refractivity contribution in [2.24, 2.45) is 0 Å². The van der Waals surface area contributed by atoms with Crippen LogP contribution in [0.5, 0.6) is 0 Å². The van der Waals surface area contributed by atoms with Gasteiger partial charge in [0.05, 0.1) is 0 Å². The van der Waals surface area contributed by atoms with Gasteiger partial charge in [-0.05, 0) is 32.1 Å². The van der Waals surface area contributed by atoms with Crippen LogP contribution in [-0.2, 0) is 4.79 Å². The minimum absolute atomic E-state index is 0.346. The van der Waals surface area contributed by atoms with Gasteiger partial charge in [0, 0.05) is 16.9 Å². The molecule has 0 aromatic carbocycles. The van der Waals surface area contributed by atoms with Gasteiger partial charge in [-0.25, -0.2) is 0 Å². The molecule has 3 heteroatoms. The minimum Gasteiger partial charge on any atom is -0.481 e. The molecule has 1 rings (SSSR count). The zero-order chi connectivity index (χ0) is 16.8. The van der Waals surface area contributed by atoms with Gasteiger partial charge in [0.25, 0.3) is 0 Å². The van der Waals surface area contributed by atoms with E-state index < -0.39 is 5.97 Å². The fourth-order valence-electron chi connectivity index (χ4n) is 3.54. The van der Waals surface area contributed by atoms with E-state index in [0.29, 0.717) is 6.42 Å². The third-order valence-electron chi connectivity index (χ3n) is 4.99. The van der Waals surface area contributed by atoms with E-state index in [0.717, 1.165) is 23.3 Å². The van der Waals surface area contributed by atoms with E-state index in [2.05, 4.69) is 18.7 Å². The maximum atomic E-state index is 10.4. The van der Waals surface area contributed by atoms with Crippen LogP contribution in [0.3, 0.4) is 0 Å². The van der Waals surface area contributed by atoms with Crippen molar-refractivity contribution < 1.29 is 9.90 Å². The number of thioether (sulfide) groups is 1.